The Morgan fingerprint density at radius 2 is 2.11 bits per heavy atom. The smallest absolute Gasteiger partial charge is 0.258 e. The standard InChI is InChI=1S/C19H19F2N5OS/c1-26-7-5-14(24-10-11-4-6-23-16(22)8-11)17(19(26)27)18(28)25-15-9-12(20)2-3-13(15)21/h2-4,6,8-9,24H,5,7,10H2,1H3,(H2,22,23)(H,25,28). The van der Waals surface area contributed by atoms with Gasteiger partial charge in [0.25, 0.3) is 5.91 Å². The zero-order valence-electron chi connectivity index (χ0n) is 15.1. The maximum absolute atomic E-state index is 13.9. The number of hydrogen-bond donors (Lipinski definition) is 3. The maximum atomic E-state index is 13.9. The summed E-state index contributed by atoms with van der Waals surface area (Å²) >= 11 is 5.34. The zero-order chi connectivity index (χ0) is 20.3. The minimum absolute atomic E-state index is 0.0257. The number of nitrogens with zero attached hydrogens (tertiary/aromatic N) is 2. The molecule has 1 aromatic heterocycles. The number of likely N-dealkylation sites (N-methyl/N-ethyl adjacent to an activating group) is 1. The fourth-order valence-corrected chi connectivity index (χ4v) is 3.15. The quantitative estimate of drug-likeness (QED) is 0.666. The average molecular weight is 403 g/mol. The van der Waals surface area contributed by atoms with Crippen LogP contribution in [0.15, 0.2) is 47.8 Å². The normalized spacial score (nSPS) is 14.2. The Bertz CT molecular complexity index is 963. The molecular formula is C19H19F2N5OS. The summed E-state index contributed by atoms with van der Waals surface area (Å²) in [5.74, 6) is -1.17. The number of halogens is 2. The number of carbonyl (C=O) groups is 1. The van der Waals surface area contributed by atoms with Crippen molar-refractivity contribution in [2.75, 3.05) is 24.6 Å². The third kappa shape index (κ3) is 4.42. The van der Waals surface area contributed by atoms with Gasteiger partial charge in [-0.25, -0.2) is 13.8 Å². The molecular weight excluding hydrogens is 384 g/mol. The number of amides is 1. The van der Waals surface area contributed by atoms with E-state index in [2.05, 4.69) is 15.6 Å². The van der Waals surface area contributed by atoms with Gasteiger partial charge in [-0.2, -0.15) is 0 Å². The fourth-order valence-electron chi connectivity index (χ4n) is 2.83. The molecule has 146 valence electrons. The van der Waals surface area contributed by atoms with Crippen LogP contribution in [0.25, 0.3) is 0 Å². The molecule has 6 nitrogen and oxygen atoms in total. The molecule has 9 heteroatoms. The highest BCUT2D eigenvalue weighted by atomic mass is 32.1. The Kier molecular flexibility index (Phi) is 5.84. The highest BCUT2D eigenvalue weighted by molar-refractivity contribution is 7.81. The number of hydrogen-bond acceptors (Lipinski definition) is 5. The number of aromatic nitrogens is 1. The summed E-state index contributed by atoms with van der Waals surface area (Å²) in [6.45, 7) is 0.930. The third-order valence-corrected chi connectivity index (χ3v) is 4.62. The Morgan fingerprint density at radius 3 is 2.86 bits per heavy atom. The molecule has 1 aromatic carbocycles. The van der Waals surface area contributed by atoms with Crippen molar-refractivity contribution in [2.45, 2.75) is 13.0 Å². The molecule has 0 fully saturated rings. The lowest BCUT2D eigenvalue weighted by molar-refractivity contribution is -0.126. The lowest BCUT2D eigenvalue weighted by atomic mass is 10.0. The number of rotatable bonds is 5. The number of anilines is 2. The van der Waals surface area contributed by atoms with Crippen molar-refractivity contribution in [3.63, 3.8) is 0 Å². The lowest BCUT2D eigenvalue weighted by Crippen LogP contribution is -2.40. The van der Waals surface area contributed by atoms with Gasteiger partial charge in [0.2, 0.25) is 0 Å². The van der Waals surface area contributed by atoms with E-state index in [1.54, 1.807) is 25.4 Å². The molecule has 0 spiro atoms. The predicted molar refractivity (Wildman–Crippen MR) is 107 cm³/mol. The highest BCUT2D eigenvalue weighted by Gasteiger charge is 2.28. The minimum atomic E-state index is -0.664. The summed E-state index contributed by atoms with van der Waals surface area (Å²) in [7, 11) is 1.66. The molecule has 0 saturated heterocycles. The minimum Gasteiger partial charge on any atom is -0.384 e. The van der Waals surface area contributed by atoms with Crippen LogP contribution in [0, 0.1) is 11.6 Å². The molecule has 28 heavy (non-hydrogen) atoms. The van der Waals surface area contributed by atoms with Crippen molar-refractivity contribution < 1.29 is 13.6 Å². The van der Waals surface area contributed by atoms with E-state index in [1.807, 2.05) is 0 Å². The molecule has 0 radical (unpaired) electrons. The van der Waals surface area contributed by atoms with Crippen LogP contribution in [-0.4, -0.2) is 34.4 Å². The predicted octanol–water partition coefficient (Wildman–Crippen LogP) is 2.59. The van der Waals surface area contributed by atoms with Crippen LogP contribution in [0.5, 0.6) is 0 Å². The van der Waals surface area contributed by atoms with Gasteiger partial charge >= 0.3 is 0 Å². The van der Waals surface area contributed by atoms with Crippen molar-refractivity contribution in [1.82, 2.24) is 15.2 Å². The molecule has 0 aliphatic carbocycles. The van der Waals surface area contributed by atoms with Gasteiger partial charge in [0.05, 0.1) is 11.3 Å². The van der Waals surface area contributed by atoms with E-state index >= 15 is 0 Å². The van der Waals surface area contributed by atoms with Gasteiger partial charge in [0, 0.05) is 44.5 Å². The zero-order valence-corrected chi connectivity index (χ0v) is 15.9. The second-order valence-corrected chi connectivity index (χ2v) is 6.76. The van der Waals surface area contributed by atoms with Gasteiger partial charge in [-0.05, 0) is 29.8 Å². The second-order valence-electron chi connectivity index (χ2n) is 6.35. The summed E-state index contributed by atoms with van der Waals surface area (Å²) < 4.78 is 27.4. The van der Waals surface area contributed by atoms with E-state index in [-0.39, 0.29) is 22.2 Å². The first-order valence-electron chi connectivity index (χ1n) is 8.54. The number of nitrogens with two attached hydrogens (primary N) is 1. The second kappa shape index (κ2) is 8.30. The Hall–Kier alpha value is -3.07. The van der Waals surface area contributed by atoms with Crippen LogP contribution in [-0.2, 0) is 11.3 Å². The summed E-state index contributed by atoms with van der Waals surface area (Å²) in [6.07, 6.45) is 2.14. The molecule has 0 unspecified atom stereocenters. The first-order valence-corrected chi connectivity index (χ1v) is 8.95. The molecule has 1 aliphatic rings. The van der Waals surface area contributed by atoms with Crippen molar-refractivity contribution >= 4 is 34.6 Å². The van der Waals surface area contributed by atoms with E-state index in [0.717, 1.165) is 23.8 Å². The Labute approximate surface area is 166 Å². The number of nitrogen functional groups attached to an aromatic ring is 1. The van der Waals surface area contributed by atoms with Crippen LogP contribution in [0.1, 0.15) is 12.0 Å². The van der Waals surface area contributed by atoms with E-state index in [0.29, 0.717) is 31.0 Å². The van der Waals surface area contributed by atoms with E-state index < -0.39 is 11.6 Å². The summed E-state index contributed by atoms with van der Waals surface area (Å²) in [5.41, 5.74) is 7.31. The Morgan fingerprint density at radius 1 is 1.32 bits per heavy atom. The fraction of sp³-hybridized carbons (Fsp3) is 0.211. The largest absolute Gasteiger partial charge is 0.384 e. The van der Waals surface area contributed by atoms with E-state index in [9.17, 15) is 13.6 Å². The van der Waals surface area contributed by atoms with Gasteiger partial charge in [0.1, 0.15) is 22.4 Å². The number of nitrogens with one attached hydrogen (secondary N) is 2. The molecule has 0 bridgehead atoms. The van der Waals surface area contributed by atoms with Gasteiger partial charge in [-0.15, -0.1) is 0 Å². The monoisotopic (exact) mass is 403 g/mol. The van der Waals surface area contributed by atoms with Crippen LogP contribution < -0.4 is 16.4 Å². The molecule has 4 N–H and O–H groups in total. The van der Waals surface area contributed by atoms with Crippen LogP contribution in [0.4, 0.5) is 20.3 Å². The van der Waals surface area contributed by atoms with Gasteiger partial charge in [-0.3, -0.25) is 4.79 Å². The number of thiocarbonyl (C=S) groups is 1. The van der Waals surface area contributed by atoms with Gasteiger partial charge in [-0.1, -0.05) is 12.2 Å². The Balaban J connectivity index is 1.86. The highest BCUT2D eigenvalue weighted by Crippen LogP contribution is 2.22. The number of pyridine rings is 1. The molecule has 3 rings (SSSR count). The van der Waals surface area contributed by atoms with Crippen molar-refractivity contribution in [3.8, 4) is 0 Å². The molecule has 2 aromatic rings. The van der Waals surface area contributed by atoms with Crippen LogP contribution in [0.2, 0.25) is 0 Å². The number of carbonyl (C=O) groups excluding carboxylic acids is 1. The van der Waals surface area contributed by atoms with E-state index in [1.165, 1.54) is 4.90 Å². The molecule has 2 heterocycles. The molecule has 0 atom stereocenters. The lowest BCUT2D eigenvalue weighted by Gasteiger charge is -2.28. The summed E-state index contributed by atoms with van der Waals surface area (Å²) in [5, 5.41) is 5.86. The molecule has 1 aliphatic heterocycles. The van der Waals surface area contributed by atoms with Crippen molar-refractivity contribution in [2.24, 2.45) is 0 Å². The van der Waals surface area contributed by atoms with Crippen LogP contribution >= 0.6 is 12.2 Å². The van der Waals surface area contributed by atoms with Gasteiger partial charge < -0.3 is 21.3 Å². The van der Waals surface area contributed by atoms with Crippen molar-refractivity contribution in [1.29, 1.82) is 0 Å². The molecule has 0 saturated carbocycles. The van der Waals surface area contributed by atoms with Crippen LogP contribution in [0.3, 0.4) is 0 Å². The van der Waals surface area contributed by atoms with E-state index in [4.69, 9.17) is 18.0 Å². The SMILES string of the molecule is CN1CCC(NCc2ccnc(N)c2)=C(C(=S)Nc2cc(F)ccc2F)C1=O. The first kappa shape index (κ1) is 19.7. The van der Waals surface area contributed by atoms with Gasteiger partial charge in [0.15, 0.2) is 0 Å². The topological polar surface area (TPSA) is 83.3 Å². The maximum Gasteiger partial charge on any atom is 0.258 e. The first-order chi connectivity index (χ1) is 13.3. The van der Waals surface area contributed by atoms with Crippen molar-refractivity contribution in [3.05, 3.63) is 65.0 Å². The number of benzene rings is 1. The summed E-state index contributed by atoms with van der Waals surface area (Å²) in [6, 6.07) is 6.53. The molecule has 1 amide bonds. The third-order valence-electron chi connectivity index (χ3n) is 4.31. The summed E-state index contributed by atoms with van der Waals surface area (Å²) in [4.78, 5) is 18.2. The average Bonchev–Trinajstić information content (AvgIpc) is 2.65.